The fourth-order valence-corrected chi connectivity index (χ4v) is 2.44. The number of carbonyl (C=O) groups excluding carboxylic acids is 1. The maximum absolute atomic E-state index is 11.3. The molecule has 8 nitrogen and oxygen atoms in total. The molecular weight excluding hydrogens is 398 g/mol. The van der Waals surface area contributed by atoms with Gasteiger partial charge in [-0.1, -0.05) is 6.92 Å². The monoisotopic (exact) mass is 421 g/mol. The number of carboxylic acid groups (broad SMARTS) is 1. The highest BCUT2D eigenvalue weighted by Crippen LogP contribution is 2.22. The summed E-state index contributed by atoms with van der Waals surface area (Å²) in [4.78, 5) is 29.8. The van der Waals surface area contributed by atoms with Crippen molar-refractivity contribution in [2.75, 3.05) is 7.05 Å². The highest BCUT2D eigenvalue weighted by Gasteiger charge is 2.10. The minimum atomic E-state index is -1.07. The summed E-state index contributed by atoms with van der Waals surface area (Å²) in [7, 11) is 1.50. The molecule has 0 bridgehead atoms. The van der Waals surface area contributed by atoms with Crippen molar-refractivity contribution < 1.29 is 23.5 Å². The Morgan fingerprint density at radius 2 is 1.32 bits per heavy atom. The SMILES string of the molecule is CCC(=O)c1ccc(-c2cccnc2)o1.CN.O=C(O)c1ccc(-c2cccnc2)o1. The van der Waals surface area contributed by atoms with Crippen molar-refractivity contribution in [2.24, 2.45) is 5.73 Å². The number of Topliss-reactive ketones (excluding diaryl/α,β-unsaturated/α-hetero) is 1. The van der Waals surface area contributed by atoms with Crippen LogP contribution in [0.4, 0.5) is 0 Å². The van der Waals surface area contributed by atoms with Gasteiger partial charge in [0, 0.05) is 42.3 Å². The quantitative estimate of drug-likeness (QED) is 0.449. The van der Waals surface area contributed by atoms with Crippen LogP contribution < -0.4 is 5.73 Å². The topological polar surface area (TPSA) is 132 Å². The third-order valence-electron chi connectivity index (χ3n) is 3.91. The van der Waals surface area contributed by atoms with Gasteiger partial charge in [0.05, 0.1) is 0 Å². The number of hydrogen-bond donors (Lipinski definition) is 2. The summed E-state index contributed by atoms with van der Waals surface area (Å²) in [5, 5.41) is 8.64. The molecule has 0 spiro atoms. The summed E-state index contributed by atoms with van der Waals surface area (Å²) < 4.78 is 10.5. The lowest BCUT2D eigenvalue weighted by atomic mass is 10.2. The van der Waals surface area contributed by atoms with E-state index in [2.05, 4.69) is 15.7 Å². The number of furan rings is 2. The summed E-state index contributed by atoms with van der Waals surface area (Å²) in [5.74, 6) is 0.487. The van der Waals surface area contributed by atoms with Crippen LogP contribution in [-0.2, 0) is 0 Å². The molecule has 0 fully saturated rings. The first-order valence-corrected chi connectivity index (χ1v) is 9.43. The number of rotatable bonds is 5. The van der Waals surface area contributed by atoms with Crippen molar-refractivity contribution >= 4 is 11.8 Å². The van der Waals surface area contributed by atoms with Crippen LogP contribution in [0.2, 0.25) is 0 Å². The summed E-state index contributed by atoms with van der Waals surface area (Å²) in [6.45, 7) is 1.81. The molecule has 0 atom stereocenters. The van der Waals surface area contributed by atoms with Crippen LogP contribution >= 0.6 is 0 Å². The number of nitrogens with two attached hydrogens (primary N) is 1. The van der Waals surface area contributed by atoms with Gasteiger partial charge in [-0.2, -0.15) is 0 Å². The van der Waals surface area contributed by atoms with Crippen LogP contribution in [0.3, 0.4) is 0 Å². The van der Waals surface area contributed by atoms with Gasteiger partial charge < -0.3 is 19.7 Å². The number of carbonyl (C=O) groups is 2. The number of aromatic carboxylic acids is 1. The second-order valence-corrected chi connectivity index (χ2v) is 5.89. The lowest BCUT2D eigenvalue weighted by Crippen LogP contribution is -1.92. The molecule has 4 heterocycles. The number of aromatic nitrogens is 2. The van der Waals surface area contributed by atoms with Crippen LogP contribution in [-0.4, -0.2) is 33.9 Å². The second kappa shape index (κ2) is 11.8. The third-order valence-corrected chi connectivity index (χ3v) is 3.91. The van der Waals surface area contributed by atoms with Gasteiger partial charge in [-0.05, 0) is 55.6 Å². The number of carboxylic acids is 1. The molecule has 0 amide bonds. The first-order valence-electron chi connectivity index (χ1n) is 9.43. The predicted octanol–water partition coefficient (Wildman–Crippen LogP) is 4.55. The fraction of sp³-hybridized carbons (Fsp3) is 0.130. The van der Waals surface area contributed by atoms with E-state index in [1.165, 1.54) is 13.1 Å². The van der Waals surface area contributed by atoms with Gasteiger partial charge in [-0.15, -0.1) is 0 Å². The molecule has 31 heavy (non-hydrogen) atoms. The number of hydrogen-bond acceptors (Lipinski definition) is 7. The Morgan fingerprint density at radius 3 is 1.71 bits per heavy atom. The summed E-state index contributed by atoms with van der Waals surface area (Å²) in [5.41, 5.74) is 6.15. The van der Waals surface area contributed by atoms with Crippen LogP contribution in [0, 0.1) is 0 Å². The van der Waals surface area contributed by atoms with E-state index in [0.29, 0.717) is 23.7 Å². The van der Waals surface area contributed by atoms with Gasteiger partial charge in [-0.25, -0.2) is 4.79 Å². The number of ketones is 1. The highest BCUT2D eigenvalue weighted by atomic mass is 16.4. The Balaban J connectivity index is 0.000000204. The van der Waals surface area contributed by atoms with E-state index in [1.807, 2.05) is 19.1 Å². The zero-order valence-electron chi connectivity index (χ0n) is 17.2. The molecule has 4 aromatic heterocycles. The summed E-state index contributed by atoms with van der Waals surface area (Å²) in [6.07, 6.45) is 7.12. The first-order chi connectivity index (χ1) is 15.1. The Morgan fingerprint density at radius 1 is 0.839 bits per heavy atom. The average molecular weight is 421 g/mol. The summed E-state index contributed by atoms with van der Waals surface area (Å²) >= 11 is 0. The number of nitrogens with zero attached hydrogens (tertiary/aromatic N) is 2. The van der Waals surface area contributed by atoms with Gasteiger partial charge in [0.25, 0.3) is 0 Å². The van der Waals surface area contributed by atoms with Crippen LogP contribution in [0.5, 0.6) is 0 Å². The Hall–Kier alpha value is -4.04. The molecular formula is C23H23N3O5. The molecule has 8 heteroatoms. The van der Waals surface area contributed by atoms with E-state index in [0.717, 1.165) is 11.1 Å². The average Bonchev–Trinajstić information content (AvgIpc) is 3.52. The molecule has 3 N–H and O–H groups in total. The Labute approximate surface area is 179 Å². The smallest absolute Gasteiger partial charge is 0.371 e. The van der Waals surface area contributed by atoms with Crippen molar-refractivity contribution in [1.29, 1.82) is 0 Å². The van der Waals surface area contributed by atoms with Crippen molar-refractivity contribution in [2.45, 2.75) is 13.3 Å². The van der Waals surface area contributed by atoms with E-state index in [1.54, 1.807) is 55.1 Å². The Bertz CT molecular complexity index is 1090. The predicted molar refractivity (Wildman–Crippen MR) is 116 cm³/mol. The van der Waals surface area contributed by atoms with Crippen LogP contribution in [0.15, 0.2) is 82.2 Å². The molecule has 4 aromatic rings. The zero-order valence-corrected chi connectivity index (χ0v) is 17.2. The van der Waals surface area contributed by atoms with Crippen LogP contribution in [0.25, 0.3) is 22.6 Å². The fourth-order valence-electron chi connectivity index (χ4n) is 2.44. The van der Waals surface area contributed by atoms with Gasteiger partial charge >= 0.3 is 5.97 Å². The molecule has 0 aliphatic rings. The Kier molecular flexibility index (Phi) is 8.88. The highest BCUT2D eigenvalue weighted by molar-refractivity contribution is 5.93. The molecule has 0 saturated heterocycles. The molecule has 0 aliphatic heterocycles. The van der Waals surface area contributed by atoms with Gasteiger partial charge in [0.2, 0.25) is 5.76 Å². The van der Waals surface area contributed by atoms with E-state index in [9.17, 15) is 9.59 Å². The molecule has 0 radical (unpaired) electrons. The second-order valence-electron chi connectivity index (χ2n) is 5.89. The third kappa shape index (κ3) is 6.48. The zero-order chi connectivity index (χ0) is 22.6. The minimum absolute atomic E-state index is 0.0186. The molecule has 0 aromatic carbocycles. The summed E-state index contributed by atoms with van der Waals surface area (Å²) in [6, 6.07) is 13.8. The molecule has 160 valence electrons. The normalized spacial score (nSPS) is 9.65. The minimum Gasteiger partial charge on any atom is -0.475 e. The lowest BCUT2D eigenvalue weighted by molar-refractivity contribution is 0.0663. The first kappa shape index (κ1) is 23.2. The molecule has 4 rings (SSSR count). The lowest BCUT2D eigenvalue weighted by Gasteiger charge is -1.94. The maximum atomic E-state index is 11.3. The standard InChI is InChI=1S/C12H11NO2.C10H7NO3.CH5N/c1-2-10(14)12-6-5-11(15-12)9-4-3-7-13-8-9;12-10(13)9-4-3-8(14-9)7-2-1-5-11-6-7;1-2/h3-8H,2H2,1H3;1-6H,(H,12,13);2H2,1H3. The van der Waals surface area contributed by atoms with E-state index in [-0.39, 0.29) is 11.5 Å². The van der Waals surface area contributed by atoms with Gasteiger partial charge in [-0.3, -0.25) is 14.8 Å². The number of pyridine rings is 2. The van der Waals surface area contributed by atoms with Crippen molar-refractivity contribution in [3.63, 3.8) is 0 Å². The molecule has 0 unspecified atom stereocenters. The van der Waals surface area contributed by atoms with E-state index in [4.69, 9.17) is 13.9 Å². The molecule has 0 aliphatic carbocycles. The van der Waals surface area contributed by atoms with E-state index < -0.39 is 5.97 Å². The van der Waals surface area contributed by atoms with Crippen molar-refractivity contribution in [3.05, 3.63) is 84.8 Å². The van der Waals surface area contributed by atoms with Crippen LogP contribution in [0.1, 0.15) is 34.5 Å². The maximum Gasteiger partial charge on any atom is 0.371 e. The van der Waals surface area contributed by atoms with Gasteiger partial charge in [0.15, 0.2) is 11.5 Å². The molecule has 0 saturated carbocycles. The van der Waals surface area contributed by atoms with E-state index >= 15 is 0 Å². The van der Waals surface area contributed by atoms with Gasteiger partial charge in [0.1, 0.15) is 11.5 Å². The van der Waals surface area contributed by atoms with Crippen molar-refractivity contribution in [3.8, 4) is 22.6 Å². The largest absolute Gasteiger partial charge is 0.475 e. The van der Waals surface area contributed by atoms with Crippen molar-refractivity contribution in [1.82, 2.24) is 9.97 Å².